The van der Waals surface area contributed by atoms with E-state index in [0.717, 1.165) is 25.7 Å². The maximum absolute atomic E-state index is 13.6. The highest BCUT2D eigenvalue weighted by Gasteiger charge is 2.40. The lowest BCUT2D eigenvalue weighted by Crippen LogP contribution is -2.24. The molecule has 6 nitrogen and oxygen atoms in total. The second kappa shape index (κ2) is 11.9. The van der Waals surface area contributed by atoms with Crippen molar-refractivity contribution in [2.24, 2.45) is 11.8 Å². The van der Waals surface area contributed by atoms with Crippen LogP contribution in [0.25, 0.3) is 0 Å². The van der Waals surface area contributed by atoms with E-state index in [9.17, 15) is 24.2 Å². The number of aliphatic hydroxyl groups is 2. The van der Waals surface area contributed by atoms with E-state index in [2.05, 4.69) is 5.32 Å². The molecule has 4 atom stereocenters. The van der Waals surface area contributed by atoms with Crippen molar-refractivity contribution in [1.82, 2.24) is 0 Å². The normalized spacial score (nSPS) is 23.8. The van der Waals surface area contributed by atoms with Gasteiger partial charge in [-0.2, -0.15) is 0 Å². The van der Waals surface area contributed by atoms with E-state index < -0.39 is 24.0 Å². The maximum Gasteiger partial charge on any atom is 0.303 e. The average Bonchev–Trinajstić information content (AvgIpc) is 2.94. The van der Waals surface area contributed by atoms with Gasteiger partial charge in [-0.3, -0.25) is 9.59 Å². The molecule has 0 heterocycles. The Labute approximate surface area is 171 Å². The minimum atomic E-state index is -0.784. The van der Waals surface area contributed by atoms with Crippen LogP contribution in [0.15, 0.2) is 24.3 Å². The fourth-order valence-electron chi connectivity index (χ4n) is 4.20. The molecule has 0 aromatic heterocycles. The minimum Gasteiger partial charge on any atom is -0.481 e. The summed E-state index contributed by atoms with van der Waals surface area (Å²) >= 11 is 0. The third kappa shape index (κ3) is 7.74. The number of unbranched alkanes of at least 4 members (excludes halogenated alkanes) is 3. The van der Waals surface area contributed by atoms with Crippen LogP contribution in [-0.4, -0.2) is 45.8 Å². The van der Waals surface area contributed by atoms with E-state index in [4.69, 9.17) is 5.11 Å². The number of hydrogen-bond acceptors (Lipinski definition) is 5. The Bertz CT molecular complexity index is 668. The minimum absolute atomic E-state index is 0.0283. The molecular formula is C22H32FNO5. The zero-order valence-corrected chi connectivity index (χ0v) is 16.7. The number of carboxylic acids is 1. The van der Waals surface area contributed by atoms with Gasteiger partial charge in [-0.15, -0.1) is 0 Å². The smallest absolute Gasteiger partial charge is 0.303 e. The van der Waals surface area contributed by atoms with E-state index >= 15 is 0 Å². The number of anilines is 1. The molecule has 1 aromatic carbocycles. The van der Waals surface area contributed by atoms with Gasteiger partial charge in [-0.05, 0) is 49.7 Å². The Hall–Kier alpha value is -1.99. The molecular weight excluding hydrogens is 377 g/mol. The summed E-state index contributed by atoms with van der Waals surface area (Å²) in [6.45, 7) is 0.0283. The fraction of sp³-hybridized carbons (Fsp3) is 0.636. The average molecular weight is 409 g/mol. The van der Waals surface area contributed by atoms with Crippen molar-refractivity contribution < 1.29 is 29.3 Å². The summed E-state index contributed by atoms with van der Waals surface area (Å²) in [5, 5.41) is 32.0. The number of aliphatic carboxylic acids is 1. The summed E-state index contributed by atoms with van der Waals surface area (Å²) in [5.74, 6) is -1.42. The van der Waals surface area contributed by atoms with Crippen LogP contribution in [0.2, 0.25) is 0 Å². The standard InChI is InChI=1S/C22H32FNO5/c23-18-8-5-6-9-19(18)24-14-15(25)11-12-17-16(20(26)13-21(17)27)7-3-1-2-4-10-22(28)29/h5-6,8-9,16-17,20-21,24,26-27H,1-4,7,10-14H2,(H,28,29)/t16-,17-,20+,21-/m1/s1. The summed E-state index contributed by atoms with van der Waals surface area (Å²) in [6, 6.07) is 6.18. The van der Waals surface area contributed by atoms with Crippen LogP contribution >= 0.6 is 0 Å². The van der Waals surface area contributed by atoms with Crippen molar-refractivity contribution >= 4 is 17.4 Å². The van der Waals surface area contributed by atoms with Crippen LogP contribution in [0.3, 0.4) is 0 Å². The third-order valence-electron chi connectivity index (χ3n) is 5.81. The van der Waals surface area contributed by atoms with Crippen LogP contribution in [0.1, 0.15) is 57.8 Å². The van der Waals surface area contributed by atoms with Crippen molar-refractivity contribution in [1.29, 1.82) is 0 Å². The number of benzene rings is 1. The molecule has 7 heteroatoms. The van der Waals surface area contributed by atoms with E-state index in [1.165, 1.54) is 6.07 Å². The van der Waals surface area contributed by atoms with Gasteiger partial charge < -0.3 is 20.6 Å². The number of rotatable bonds is 13. The highest BCUT2D eigenvalue weighted by Crippen LogP contribution is 2.39. The van der Waals surface area contributed by atoms with Gasteiger partial charge in [0.15, 0.2) is 5.78 Å². The molecule has 1 fully saturated rings. The Morgan fingerprint density at radius 3 is 2.31 bits per heavy atom. The predicted octanol–water partition coefficient (Wildman–Crippen LogP) is 3.37. The molecule has 0 unspecified atom stereocenters. The number of halogens is 1. The maximum atomic E-state index is 13.6. The van der Waals surface area contributed by atoms with Crippen molar-refractivity contribution in [3.8, 4) is 0 Å². The second-order valence-electron chi connectivity index (χ2n) is 7.96. The molecule has 1 aliphatic rings. The van der Waals surface area contributed by atoms with Crippen molar-refractivity contribution in [2.75, 3.05) is 11.9 Å². The molecule has 0 spiro atoms. The van der Waals surface area contributed by atoms with Crippen LogP contribution in [0.4, 0.5) is 10.1 Å². The first-order valence-corrected chi connectivity index (χ1v) is 10.5. The van der Waals surface area contributed by atoms with Gasteiger partial charge in [0, 0.05) is 12.8 Å². The Morgan fingerprint density at radius 2 is 1.62 bits per heavy atom. The number of ketones is 1. The first kappa shape index (κ1) is 23.3. The Balaban J connectivity index is 1.72. The molecule has 162 valence electrons. The number of nitrogens with one attached hydrogen (secondary N) is 1. The van der Waals surface area contributed by atoms with Gasteiger partial charge in [0.25, 0.3) is 0 Å². The second-order valence-corrected chi connectivity index (χ2v) is 7.96. The number of carbonyl (C=O) groups excluding carboxylic acids is 1. The highest BCUT2D eigenvalue weighted by molar-refractivity contribution is 5.82. The first-order chi connectivity index (χ1) is 13.9. The highest BCUT2D eigenvalue weighted by atomic mass is 19.1. The lowest BCUT2D eigenvalue weighted by molar-refractivity contribution is -0.137. The molecule has 1 aliphatic carbocycles. The quantitative estimate of drug-likeness (QED) is 0.372. The molecule has 0 saturated heterocycles. The summed E-state index contributed by atoms with van der Waals surface area (Å²) in [7, 11) is 0. The molecule has 4 N–H and O–H groups in total. The lowest BCUT2D eigenvalue weighted by atomic mass is 9.85. The van der Waals surface area contributed by atoms with E-state index in [1.54, 1.807) is 18.2 Å². The monoisotopic (exact) mass is 409 g/mol. The van der Waals surface area contributed by atoms with Crippen molar-refractivity contribution in [3.63, 3.8) is 0 Å². The van der Waals surface area contributed by atoms with Gasteiger partial charge in [-0.25, -0.2) is 4.39 Å². The lowest BCUT2D eigenvalue weighted by Gasteiger charge is -2.23. The van der Waals surface area contributed by atoms with Crippen LogP contribution in [-0.2, 0) is 9.59 Å². The molecule has 0 radical (unpaired) electrons. The molecule has 1 saturated carbocycles. The van der Waals surface area contributed by atoms with Gasteiger partial charge in [-0.1, -0.05) is 31.4 Å². The predicted molar refractivity (Wildman–Crippen MR) is 108 cm³/mol. The summed E-state index contributed by atoms with van der Waals surface area (Å²) in [5.41, 5.74) is 0.290. The molecule has 0 amide bonds. The zero-order chi connectivity index (χ0) is 21.2. The number of aliphatic hydroxyl groups excluding tert-OH is 2. The Kier molecular flexibility index (Phi) is 9.54. The van der Waals surface area contributed by atoms with Crippen LogP contribution < -0.4 is 5.32 Å². The SMILES string of the molecule is O=C(O)CCCCCC[C@@H]1[C@@H](CCC(=O)CNc2ccccc2F)[C@H](O)C[C@@H]1O. The Morgan fingerprint density at radius 1 is 0.966 bits per heavy atom. The molecule has 0 aliphatic heterocycles. The topological polar surface area (TPSA) is 107 Å². The van der Waals surface area contributed by atoms with Crippen LogP contribution in [0, 0.1) is 17.7 Å². The van der Waals surface area contributed by atoms with Gasteiger partial charge in [0.2, 0.25) is 0 Å². The molecule has 29 heavy (non-hydrogen) atoms. The number of hydrogen-bond donors (Lipinski definition) is 4. The van der Waals surface area contributed by atoms with E-state index in [0.29, 0.717) is 19.3 Å². The number of carbonyl (C=O) groups is 2. The molecule has 0 bridgehead atoms. The number of Topliss-reactive ketones (excluding diaryl/α,β-unsaturated/α-hetero) is 1. The molecule has 2 rings (SSSR count). The third-order valence-corrected chi connectivity index (χ3v) is 5.81. The fourth-order valence-corrected chi connectivity index (χ4v) is 4.20. The molecule has 1 aromatic rings. The van der Waals surface area contributed by atoms with Crippen molar-refractivity contribution in [3.05, 3.63) is 30.1 Å². The van der Waals surface area contributed by atoms with Crippen molar-refractivity contribution in [2.45, 2.75) is 70.0 Å². The largest absolute Gasteiger partial charge is 0.481 e. The number of para-hydroxylation sites is 1. The number of carboxylic acid groups (broad SMARTS) is 1. The first-order valence-electron chi connectivity index (χ1n) is 10.5. The van der Waals surface area contributed by atoms with Crippen LogP contribution in [0.5, 0.6) is 0 Å². The van der Waals surface area contributed by atoms with Gasteiger partial charge in [0.05, 0.1) is 24.4 Å². The van der Waals surface area contributed by atoms with E-state index in [-0.39, 0.29) is 42.7 Å². The summed E-state index contributed by atoms with van der Waals surface area (Å²) < 4.78 is 13.6. The summed E-state index contributed by atoms with van der Waals surface area (Å²) in [6.07, 6.45) is 4.10. The van der Waals surface area contributed by atoms with Gasteiger partial charge in [0.1, 0.15) is 5.82 Å². The van der Waals surface area contributed by atoms with Gasteiger partial charge >= 0.3 is 5.97 Å². The zero-order valence-electron chi connectivity index (χ0n) is 16.7. The summed E-state index contributed by atoms with van der Waals surface area (Å²) in [4.78, 5) is 22.7. The van der Waals surface area contributed by atoms with E-state index in [1.807, 2.05) is 0 Å².